The SMILES string of the molecule is C=C1CCC2C(C)(C(=O)OC)CCCC2(C)C1CCC1=CCC2(CC1)C(=O)C13CCC4C(C)(C(=O)O)CCCC4(C)C1CCC2C3. The molecule has 7 rings (SSSR count). The summed E-state index contributed by atoms with van der Waals surface area (Å²) in [5, 5.41) is 10.3. The molecule has 11 atom stereocenters. The van der Waals surface area contributed by atoms with Gasteiger partial charge in [0.1, 0.15) is 5.78 Å². The molecule has 11 unspecified atom stereocenters. The number of carbonyl (C=O) groups is 3. The van der Waals surface area contributed by atoms with E-state index in [0.29, 0.717) is 29.5 Å². The van der Waals surface area contributed by atoms with Crippen LogP contribution in [0.25, 0.3) is 0 Å². The van der Waals surface area contributed by atoms with Gasteiger partial charge in [-0.2, -0.15) is 0 Å². The summed E-state index contributed by atoms with van der Waals surface area (Å²) >= 11 is 0. The average Bonchev–Trinajstić information content (AvgIpc) is 3.18. The van der Waals surface area contributed by atoms with Gasteiger partial charge in [0.15, 0.2) is 0 Å². The summed E-state index contributed by atoms with van der Waals surface area (Å²) in [6.45, 7) is 13.6. The van der Waals surface area contributed by atoms with Crippen LogP contribution >= 0.6 is 0 Å². The number of rotatable bonds is 5. The van der Waals surface area contributed by atoms with Gasteiger partial charge in [-0.15, -0.1) is 0 Å². The fourth-order valence-electron chi connectivity index (χ4n) is 14.7. The van der Waals surface area contributed by atoms with Crippen molar-refractivity contribution in [1.82, 2.24) is 0 Å². The molecule has 7 aliphatic rings. The van der Waals surface area contributed by atoms with E-state index in [9.17, 15) is 19.5 Å². The number of carboxylic acids is 1. The topological polar surface area (TPSA) is 80.7 Å². The first-order valence-electron chi connectivity index (χ1n) is 18.9. The largest absolute Gasteiger partial charge is 0.481 e. The monoisotopic (exact) mass is 632 g/mol. The summed E-state index contributed by atoms with van der Waals surface area (Å²) in [5.74, 6) is 1.65. The van der Waals surface area contributed by atoms with Gasteiger partial charge < -0.3 is 9.84 Å². The Kier molecular flexibility index (Phi) is 7.66. The smallest absolute Gasteiger partial charge is 0.311 e. The molecule has 0 heterocycles. The maximum atomic E-state index is 14.9. The van der Waals surface area contributed by atoms with Crippen molar-refractivity contribution < 1.29 is 24.2 Å². The number of methoxy groups -OCH3 is 1. The summed E-state index contributed by atoms with van der Waals surface area (Å²) in [5.41, 5.74) is 1.42. The first-order chi connectivity index (χ1) is 21.7. The molecule has 254 valence electrons. The number of ether oxygens (including phenoxy) is 1. The summed E-state index contributed by atoms with van der Waals surface area (Å²) in [6, 6.07) is 0. The van der Waals surface area contributed by atoms with Crippen LogP contribution in [0.4, 0.5) is 0 Å². The first kappa shape index (κ1) is 32.6. The molecular formula is C41H60O5. The van der Waals surface area contributed by atoms with E-state index in [4.69, 9.17) is 4.74 Å². The Morgan fingerprint density at radius 1 is 0.848 bits per heavy atom. The molecule has 2 spiro atoms. The second kappa shape index (κ2) is 10.8. The summed E-state index contributed by atoms with van der Waals surface area (Å²) < 4.78 is 5.35. The quantitative estimate of drug-likeness (QED) is 0.241. The van der Waals surface area contributed by atoms with Crippen molar-refractivity contribution in [1.29, 1.82) is 0 Å². The molecule has 0 aliphatic heterocycles. The Labute approximate surface area is 277 Å². The van der Waals surface area contributed by atoms with Gasteiger partial charge in [-0.3, -0.25) is 14.4 Å². The molecule has 1 N–H and O–H groups in total. The minimum atomic E-state index is -0.663. The van der Waals surface area contributed by atoms with E-state index in [0.717, 1.165) is 116 Å². The van der Waals surface area contributed by atoms with Crippen LogP contribution in [0.15, 0.2) is 23.8 Å². The Balaban J connectivity index is 1.08. The standard InChI is InChI=1S/C41H60O5/c1-26-9-13-30-36(2,18-7-21-39(30,5)35(45)46-6)29(26)12-10-27-15-22-40(23-16-27)28-11-14-32-37(3)19-8-20-38(4,34(43)44)31(37)17-24-41(32,25-28)33(40)42/h15,28-32H,1,7-14,16-25H2,2-6H3,(H,43,44). The Hall–Kier alpha value is -1.91. The highest BCUT2D eigenvalue weighted by molar-refractivity contribution is 5.94. The number of fused-ring (bicyclic) bond motifs is 5. The number of aliphatic carboxylic acids is 1. The van der Waals surface area contributed by atoms with Gasteiger partial charge in [0.05, 0.1) is 17.9 Å². The minimum Gasteiger partial charge on any atom is -0.481 e. The van der Waals surface area contributed by atoms with E-state index in [1.807, 2.05) is 6.92 Å². The van der Waals surface area contributed by atoms with Crippen LogP contribution in [0, 0.1) is 62.1 Å². The van der Waals surface area contributed by atoms with Crippen LogP contribution in [-0.4, -0.2) is 29.9 Å². The Bertz CT molecular complexity index is 1360. The van der Waals surface area contributed by atoms with E-state index in [-0.39, 0.29) is 33.5 Å². The van der Waals surface area contributed by atoms with Gasteiger partial charge >= 0.3 is 11.9 Å². The molecule has 5 heteroatoms. The molecule has 0 aromatic carbocycles. The minimum absolute atomic E-state index is 0.0370. The van der Waals surface area contributed by atoms with Crippen molar-refractivity contribution in [3.8, 4) is 0 Å². The van der Waals surface area contributed by atoms with E-state index >= 15 is 0 Å². The fraction of sp³-hybridized carbons (Fsp3) is 0.829. The number of allylic oxidation sites excluding steroid dienone is 3. The normalized spacial score (nSPS) is 49.8. The highest BCUT2D eigenvalue weighted by atomic mass is 16.5. The van der Waals surface area contributed by atoms with Crippen LogP contribution in [0.2, 0.25) is 0 Å². The average molecular weight is 633 g/mol. The molecule has 5 nitrogen and oxygen atoms in total. The molecule has 6 fully saturated rings. The maximum absolute atomic E-state index is 14.9. The number of carbonyl (C=O) groups excluding carboxylic acids is 2. The molecule has 0 radical (unpaired) electrons. The number of esters is 1. The third kappa shape index (κ3) is 4.20. The van der Waals surface area contributed by atoms with Crippen molar-refractivity contribution in [2.75, 3.05) is 7.11 Å². The second-order valence-corrected chi connectivity index (χ2v) is 18.5. The third-order valence-corrected chi connectivity index (χ3v) is 17.0. The molecule has 46 heavy (non-hydrogen) atoms. The number of ketones is 1. The van der Waals surface area contributed by atoms with Gasteiger partial charge in [0.25, 0.3) is 0 Å². The lowest BCUT2D eigenvalue weighted by molar-refractivity contribution is -0.182. The van der Waals surface area contributed by atoms with Gasteiger partial charge in [-0.25, -0.2) is 0 Å². The van der Waals surface area contributed by atoms with Crippen LogP contribution in [0.3, 0.4) is 0 Å². The molecule has 0 amide bonds. The lowest BCUT2D eigenvalue weighted by atomic mass is 9.41. The zero-order valence-electron chi connectivity index (χ0n) is 29.5. The molecular weight excluding hydrogens is 572 g/mol. The molecule has 0 saturated heterocycles. The van der Waals surface area contributed by atoms with Crippen LogP contribution < -0.4 is 0 Å². The first-order valence-corrected chi connectivity index (χ1v) is 18.9. The second-order valence-electron chi connectivity index (χ2n) is 18.5. The van der Waals surface area contributed by atoms with E-state index < -0.39 is 16.8 Å². The Morgan fingerprint density at radius 3 is 2.22 bits per heavy atom. The third-order valence-electron chi connectivity index (χ3n) is 17.0. The molecule has 0 aromatic heterocycles. The predicted octanol–water partition coefficient (Wildman–Crippen LogP) is 9.49. The van der Waals surface area contributed by atoms with Crippen LogP contribution in [0.1, 0.15) is 143 Å². The zero-order chi connectivity index (χ0) is 32.9. The fourth-order valence-corrected chi connectivity index (χ4v) is 14.7. The molecule has 7 aliphatic carbocycles. The van der Waals surface area contributed by atoms with Gasteiger partial charge in [0, 0.05) is 10.8 Å². The maximum Gasteiger partial charge on any atom is 0.311 e. The van der Waals surface area contributed by atoms with Crippen LogP contribution in [-0.2, 0) is 19.1 Å². The number of Topliss-reactive ketones (excluding diaryl/α,β-unsaturated/α-hetero) is 1. The van der Waals surface area contributed by atoms with E-state index in [1.54, 1.807) is 7.11 Å². The van der Waals surface area contributed by atoms with E-state index in [2.05, 4.69) is 33.4 Å². The lowest BCUT2D eigenvalue weighted by Gasteiger charge is -2.62. The van der Waals surface area contributed by atoms with Crippen molar-refractivity contribution in [2.24, 2.45) is 62.1 Å². The number of hydrogen-bond acceptors (Lipinski definition) is 4. The molecule has 2 bridgehead atoms. The predicted molar refractivity (Wildman–Crippen MR) is 180 cm³/mol. The number of hydrogen-bond donors (Lipinski definition) is 1. The zero-order valence-corrected chi connectivity index (χ0v) is 29.5. The van der Waals surface area contributed by atoms with Crippen molar-refractivity contribution in [3.63, 3.8) is 0 Å². The summed E-state index contributed by atoms with van der Waals surface area (Å²) in [4.78, 5) is 40.5. The highest BCUT2D eigenvalue weighted by Crippen LogP contribution is 2.74. The molecule has 6 saturated carbocycles. The van der Waals surface area contributed by atoms with Crippen molar-refractivity contribution in [3.05, 3.63) is 23.8 Å². The lowest BCUT2D eigenvalue weighted by Crippen LogP contribution is -2.59. The van der Waals surface area contributed by atoms with Crippen LogP contribution in [0.5, 0.6) is 0 Å². The van der Waals surface area contributed by atoms with Gasteiger partial charge in [-0.1, -0.05) is 50.5 Å². The summed E-state index contributed by atoms with van der Waals surface area (Å²) in [7, 11) is 1.54. The number of carboxylic acid groups (broad SMARTS) is 1. The summed E-state index contributed by atoms with van der Waals surface area (Å²) in [6.07, 6.45) is 20.6. The molecule has 0 aromatic rings. The van der Waals surface area contributed by atoms with Crippen molar-refractivity contribution >= 4 is 17.7 Å². The van der Waals surface area contributed by atoms with E-state index in [1.165, 1.54) is 11.1 Å². The Morgan fingerprint density at radius 2 is 1.54 bits per heavy atom. The van der Waals surface area contributed by atoms with Gasteiger partial charge in [-0.05, 0) is 157 Å². The highest BCUT2D eigenvalue weighted by Gasteiger charge is 2.72. The van der Waals surface area contributed by atoms with Crippen molar-refractivity contribution in [2.45, 2.75) is 143 Å². The van der Waals surface area contributed by atoms with Gasteiger partial charge in [0.2, 0.25) is 0 Å².